The van der Waals surface area contributed by atoms with Gasteiger partial charge in [0.15, 0.2) is 0 Å². The summed E-state index contributed by atoms with van der Waals surface area (Å²) in [5, 5.41) is 0. The van der Waals surface area contributed by atoms with Gasteiger partial charge in [0, 0.05) is 37.3 Å². The maximum Gasteiger partial charge on any atom is 0.0416 e. The molecule has 0 radical (unpaired) electrons. The van der Waals surface area contributed by atoms with E-state index in [0.717, 1.165) is 25.2 Å². The Morgan fingerprint density at radius 3 is 2.93 bits per heavy atom. The SMILES string of the molecule is CN(CC=CCCl)CCc1ccccn1. The molecule has 0 aliphatic heterocycles. The molecule has 0 N–H and O–H groups in total. The lowest BCUT2D eigenvalue weighted by molar-refractivity contribution is 0.373. The second-order valence-electron chi connectivity index (χ2n) is 3.46. The van der Waals surface area contributed by atoms with Crippen molar-refractivity contribution in [3.8, 4) is 0 Å². The Kier molecular flexibility index (Phi) is 6.05. The third-order valence-electron chi connectivity index (χ3n) is 2.15. The van der Waals surface area contributed by atoms with Crippen LogP contribution in [0.15, 0.2) is 36.5 Å². The second-order valence-corrected chi connectivity index (χ2v) is 3.77. The lowest BCUT2D eigenvalue weighted by atomic mass is 10.2. The van der Waals surface area contributed by atoms with Crippen LogP contribution in [0.5, 0.6) is 0 Å². The highest BCUT2D eigenvalue weighted by Gasteiger charge is 1.97. The zero-order chi connectivity index (χ0) is 10.9. The molecule has 2 nitrogen and oxygen atoms in total. The summed E-state index contributed by atoms with van der Waals surface area (Å²) in [6.07, 6.45) is 6.89. The predicted octanol–water partition coefficient (Wildman–Crippen LogP) is 2.35. The number of allylic oxidation sites excluding steroid dienone is 1. The third-order valence-corrected chi connectivity index (χ3v) is 2.33. The molecule has 0 fully saturated rings. The molecule has 3 heteroatoms. The Hall–Kier alpha value is -0.860. The van der Waals surface area contributed by atoms with Crippen molar-refractivity contribution in [2.75, 3.05) is 26.0 Å². The average molecular weight is 225 g/mol. The molecule has 1 aromatic rings. The topological polar surface area (TPSA) is 16.1 Å². The molecule has 0 bridgehead atoms. The number of alkyl halides is 1. The summed E-state index contributed by atoms with van der Waals surface area (Å²) in [4.78, 5) is 6.53. The Labute approximate surface area is 96.6 Å². The number of hydrogen-bond donors (Lipinski definition) is 0. The lowest BCUT2D eigenvalue weighted by Crippen LogP contribution is -2.21. The van der Waals surface area contributed by atoms with Gasteiger partial charge in [-0.05, 0) is 19.2 Å². The smallest absolute Gasteiger partial charge is 0.0416 e. The van der Waals surface area contributed by atoms with Gasteiger partial charge in [0.2, 0.25) is 0 Å². The molecule has 15 heavy (non-hydrogen) atoms. The molecular formula is C12H17ClN2. The number of hydrogen-bond acceptors (Lipinski definition) is 2. The maximum atomic E-state index is 5.54. The van der Waals surface area contributed by atoms with E-state index in [1.807, 2.05) is 24.4 Å². The number of likely N-dealkylation sites (N-methyl/N-ethyl adjacent to an activating group) is 1. The van der Waals surface area contributed by atoms with Crippen LogP contribution >= 0.6 is 11.6 Å². The van der Waals surface area contributed by atoms with E-state index in [4.69, 9.17) is 11.6 Å². The minimum absolute atomic E-state index is 0.591. The van der Waals surface area contributed by atoms with E-state index >= 15 is 0 Å². The minimum atomic E-state index is 0.591. The minimum Gasteiger partial charge on any atom is -0.302 e. The summed E-state index contributed by atoms with van der Waals surface area (Å²) >= 11 is 5.54. The molecule has 1 rings (SSSR count). The van der Waals surface area contributed by atoms with Gasteiger partial charge in [0.05, 0.1) is 0 Å². The van der Waals surface area contributed by atoms with Gasteiger partial charge in [0.1, 0.15) is 0 Å². The molecule has 82 valence electrons. The lowest BCUT2D eigenvalue weighted by Gasteiger charge is -2.13. The molecule has 0 unspecified atom stereocenters. The van der Waals surface area contributed by atoms with Crippen molar-refractivity contribution in [3.63, 3.8) is 0 Å². The van der Waals surface area contributed by atoms with Crippen LogP contribution in [0.4, 0.5) is 0 Å². The molecule has 0 aliphatic rings. The molecule has 0 saturated carbocycles. The molecular weight excluding hydrogens is 208 g/mol. The first-order valence-corrected chi connectivity index (χ1v) is 5.66. The van der Waals surface area contributed by atoms with Gasteiger partial charge in [-0.3, -0.25) is 4.98 Å². The van der Waals surface area contributed by atoms with E-state index in [1.54, 1.807) is 0 Å². The third kappa shape index (κ3) is 5.55. The first kappa shape index (κ1) is 12.2. The van der Waals surface area contributed by atoms with Crippen molar-refractivity contribution in [2.45, 2.75) is 6.42 Å². The van der Waals surface area contributed by atoms with Crippen molar-refractivity contribution >= 4 is 11.6 Å². The molecule has 0 aliphatic carbocycles. The van der Waals surface area contributed by atoms with Gasteiger partial charge in [-0.1, -0.05) is 18.2 Å². The summed E-state index contributed by atoms with van der Waals surface area (Å²) in [6, 6.07) is 6.02. The molecule has 0 saturated heterocycles. The monoisotopic (exact) mass is 224 g/mol. The zero-order valence-corrected chi connectivity index (χ0v) is 9.82. The summed E-state index contributed by atoms with van der Waals surface area (Å²) in [5.74, 6) is 0.591. The quantitative estimate of drug-likeness (QED) is 0.545. The van der Waals surface area contributed by atoms with E-state index in [1.165, 1.54) is 0 Å². The van der Waals surface area contributed by atoms with Gasteiger partial charge in [-0.15, -0.1) is 11.6 Å². The van der Waals surface area contributed by atoms with Crippen LogP contribution in [0.1, 0.15) is 5.69 Å². The van der Waals surface area contributed by atoms with Crippen LogP contribution in [0.25, 0.3) is 0 Å². The van der Waals surface area contributed by atoms with Crippen molar-refractivity contribution < 1.29 is 0 Å². The normalized spacial score (nSPS) is 11.4. The standard InChI is InChI=1S/C12H17ClN2/c1-15(10-5-3-8-13)11-7-12-6-2-4-9-14-12/h2-6,9H,7-8,10-11H2,1H3. The number of halogens is 1. The first-order valence-electron chi connectivity index (χ1n) is 5.12. The number of pyridine rings is 1. The highest BCUT2D eigenvalue weighted by atomic mass is 35.5. The van der Waals surface area contributed by atoms with Crippen molar-refractivity contribution in [1.29, 1.82) is 0 Å². The molecule has 0 aromatic carbocycles. The highest BCUT2D eigenvalue weighted by Crippen LogP contribution is 1.96. The largest absolute Gasteiger partial charge is 0.302 e. The molecule has 0 atom stereocenters. The fourth-order valence-electron chi connectivity index (χ4n) is 1.26. The number of aromatic nitrogens is 1. The number of rotatable bonds is 6. The van der Waals surface area contributed by atoms with E-state index in [-0.39, 0.29) is 0 Å². The molecule has 0 amide bonds. The first-order chi connectivity index (χ1) is 7.33. The Bertz CT molecular complexity index is 285. The van der Waals surface area contributed by atoms with Crippen LogP contribution in [0.2, 0.25) is 0 Å². The van der Waals surface area contributed by atoms with Crippen LogP contribution in [-0.4, -0.2) is 35.9 Å². The summed E-state index contributed by atoms with van der Waals surface area (Å²) < 4.78 is 0. The van der Waals surface area contributed by atoms with Gasteiger partial charge in [0.25, 0.3) is 0 Å². The van der Waals surface area contributed by atoms with Gasteiger partial charge < -0.3 is 4.90 Å². The second kappa shape index (κ2) is 7.43. The highest BCUT2D eigenvalue weighted by molar-refractivity contribution is 6.18. The van der Waals surface area contributed by atoms with Crippen molar-refractivity contribution in [1.82, 2.24) is 9.88 Å². The van der Waals surface area contributed by atoms with Crippen LogP contribution < -0.4 is 0 Å². The predicted molar refractivity (Wildman–Crippen MR) is 65.3 cm³/mol. The summed E-state index contributed by atoms with van der Waals surface area (Å²) in [7, 11) is 2.10. The Morgan fingerprint density at radius 1 is 1.40 bits per heavy atom. The number of nitrogens with zero attached hydrogens (tertiary/aromatic N) is 2. The van der Waals surface area contributed by atoms with E-state index < -0.39 is 0 Å². The average Bonchev–Trinajstić information content (AvgIpc) is 2.28. The van der Waals surface area contributed by atoms with Crippen molar-refractivity contribution in [2.24, 2.45) is 0 Å². The van der Waals surface area contributed by atoms with Gasteiger partial charge >= 0.3 is 0 Å². The van der Waals surface area contributed by atoms with Gasteiger partial charge in [-0.25, -0.2) is 0 Å². The maximum absolute atomic E-state index is 5.54. The fraction of sp³-hybridized carbons (Fsp3) is 0.417. The van der Waals surface area contributed by atoms with Crippen LogP contribution in [0.3, 0.4) is 0 Å². The van der Waals surface area contributed by atoms with E-state index in [9.17, 15) is 0 Å². The van der Waals surface area contributed by atoms with Gasteiger partial charge in [-0.2, -0.15) is 0 Å². The Morgan fingerprint density at radius 2 is 2.27 bits per heavy atom. The summed E-state index contributed by atoms with van der Waals surface area (Å²) in [6.45, 7) is 1.96. The van der Waals surface area contributed by atoms with Crippen LogP contribution in [0, 0.1) is 0 Å². The Balaban J connectivity index is 2.22. The zero-order valence-electron chi connectivity index (χ0n) is 9.06. The summed E-state index contributed by atoms with van der Waals surface area (Å²) in [5.41, 5.74) is 1.14. The van der Waals surface area contributed by atoms with Crippen LogP contribution in [-0.2, 0) is 6.42 Å². The fourth-order valence-corrected chi connectivity index (χ4v) is 1.39. The molecule has 1 heterocycles. The molecule has 0 spiro atoms. The van der Waals surface area contributed by atoms with E-state index in [2.05, 4.69) is 29.1 Å². The van der Waals surface area contributed by atoms with Crippen molar-refractivity contribution in [3.05, 3.63) is 42.2 Å². The molecule has 1 aromatic heterocycles. The van der Waals surface area contributed by atoms with E-state index in [0.29, 0.717) is 5.88 Å².